The number of nitrogens with one attached hydrogen (secondary N) is 1. The molecule has 0 radical (unpaired) electrons. The second kappa shape index (κ2) is 5.35. The number of hydrogen-bond donors (Lipinski definition) is 1. The summed E-state index contributed by atoms with van der Waals surface area (Å²) in [6.07, 6.45) is 0. The molecule has 1 rings (SSSR count). The van der Waals surface area contributed by atoms with Crippen molar-refractivity contribution in [2.45, 2.75) is 0 Å². The number of nitro benzene ring substituents is 1. The lowest BCUT2D eigenvalue weighted by Gasteiger charge is -2.15. The molecule has 0 aliphatic carbocycles. The van der Waals surface area contributed by atoms with Gasteiger partial charge in [0.2, 0.25) is 0 Å². The van der Waals surface area contributed by atoms with E-state index in [0.29, 0.717) is 17.2 Å². The van der Waals surface area contributed by atoms with Crippen molar-refractivity contribution in [1.82, 2.24) is 5.01 Å². The molecule has 17 heavy (non-hydrogen) atoms. The molecule has 94 valence electrons. The molecule has 0 bridgehead atoms. The molecular formula is C10H15N3O4. The molecule has 1 aromatic carbocycles. The molecule has 0 unspecified atom stereocenters. The van der Waals surface area contributed by atoms with Gasteiger partial charge in [-0.15, -0.1) is 0 Å². The van der Waals surface area contributed by atoms with E-state index in [0.717, 1.165) is 0 Å². The van der Waals surface area contributed by atoms with Crippen LogP contribution >= 0.6 is 0 Å². The number of hydrazine groups is 1. The largest absolute Gasteiger partial charge is 0.493 e. The normalized spacial score (nSPS) is 10.2. The third-order valence-corrected chi connectivity index (χ3v) is 2.04. The number of nitro groups is 1. The van der Waals surface area contributed by atoms with Gasteiger partial charge in [0.15, 0.2) is 11.5 Å². The minimum absolute atomic E-state index is 0.0728. The SMILES string of the molecule is COc1cc(NN(C)C)c([N+](=O)[O-])cc1OC. The highest BCUT2D eigenvalue weighted by molar-refractivity contribution is 5.68. The molecule has 0 amide bonds. The minimum atomic E-state index is -0.478. The van der Waals surface area contributed by atoms with E-state index in [1.807, 2.05) is 0 Å². The second-order valence-corrected chi connectivity index (χ2v) is 3.49. The molecule has 0 aliphatic rings. The number of nitrogens with zero attached hydrogens (tertiary/aromatic N) is 2. The lowest BCUT2D eigenvalue weighted by atomic mass is 10.2. The highest BCUT2D eigenvalue weighted by Gasteiger charge is 2.19. The summed E-state index contributed by atoms with van der Waals surface area (Å²) in [7, 11) is 6.38. The Bertz CT molecular complexity index is 420. The maximum Gasteiger partial charge on any atom is 0.297 e. The molecule has 0 saturated heterocycles. The van der Waals surface area contributed by atoms with Gasteiger partial charge in [-0.25, -0.2) is 5.01 Å². The topological polar surface area (TPSA) is 76.9 Å². The zero-order chi connectivity index (χ0) is 13.0. The molecule has 0 spiro atoms. The van der Waals surface area contributed by atoms with Crippen molar-refractivity contribution < 1.29 is 14.4 Å². The summed E-state index contributed by atoms with van der Waals surface area (Å²) in [4.78, 5) is 10.4. The van der Waals surface area contributed by atoms with Gasteiger partial charge in [0.25, 0.3) is 5.69 Å². The Labute approximate surface area is 99.1 Å². The van der Waals surface area contributed by atoms with Crippen LogP contribution in [0, 0.1) is 10.1 Å². The minimum Gasteiger partial charge on any atom is -0.493 e. The van der Waals surface area contributed by atoms with E-state index in [2.05, 4.69) is 5.43 Å². The first-order chi connectivity index (χ1) is 7.99. The van der Waals surface area contributed by atoms with Crippen LogP contribution in [0.5, 0.6) is 11.5 Å². The van der Waals surface area contributed by atoms with Crippen LogP contribution in [-0.2, 0) is 0 Å². The number of benzene rings is 1. The number of ether oxygens (including phenoxy) is 2. The summed E-state index contributed by atoms with van der Waals surface area (Å²) in [5, 5.41) is 12.5. The van der Waals surface area contributed by atoms with Gasteiger partial charge < -0.3 is 14.9 Å². The summed E-state index contributed by atoms with van der Waals surface area (Å²) in [5.74, 6) is 0.756. The maximum atomic E-state index is 10.9. The van der Waals surface area contributed by atoms with Crippen LogP contribution in [-0.4, -0.2) is 38.2 Å². The Hall–Kier alpha value is -2.02. The van der Waals surface area contributed by atoms with Crippen molar-refractivity contribution in [3.63, 3.8) is 0 Å². The Kier molecular flexibility index (Phi) is 4.11. The molecule has 7 heteroatoms. The monoisotopic (exact) mass is 241 g/mol. The summed E-state index contributed by atoms with van der Waals surface area (Å²) >= 11 is 0. The molecule has 0 fully saturated rings. The van der Waals surface area contributed by atoms with Crippen molar-refractivity contribution in [2.24, 2.45) is 0 Å². The molecule has 1 aromatic rings. The Morgan fingerprint density at radius 2 is 1.76 bits per heavy atom. The molecule has 0 saturated carbocycles. The van der Waals surface area contributed by atoms with Gasteiger partial charge in [-0.3, -0.25) is 10.1 Å². The fourth-order valence-electron chi connectivity index (χ4n) is 1.35. The average Bonchev–Trinajstić information content (AvgIpc) is 2.27. The Morgan fingerprint density at radius 3 is 2.18 bits per heavy atom. The van der Waals surface area contributed by atoms with E-state index < -0.39 is 4.92 Å². The van der Waals surface area contributed by atoms with E-state index in [1.54, 1.807) is 19.1 Å². The molecule has 0 aromatic heterocycles. The lowest BCUT2D eigenvalue weighted by Crippen LogP contribution is -2.20. The third kappa shape index (κ3) is 2.97. The fraction of sp³-hybridized carbons (Fsp3) is 0.400. The summed E-state index contributed by atoms with van der Waals surface area (Å²) in [6.45, 7) is 0. The van der Waals surface area contributed by atoms with E-state index in [9.17, 15) is 10.1 Å². The highest BCUT2D eigenvalue weighted by Crippen LogP contribution is 2.37. The predicted octanol–water partition coefficient (Wildman–Crippen LogP) is 1.50. The van der Waals surface area contributed by atoms with Gasteiger partial charge in [0.1, 0.15) is 5.69 Å². The van der Waals surface area contributed by atoms with Crippen molar-refractivity contribution in [3.8, 4) is 11.5 Å². The smallest absolute Gasteiger partial charge is 0.297 e. The lowest BCUT2D eigenvalue weighted by molar-refractivity contribution is -0.384. The molecule has 7 nitrogen and oxygen atoms in total. The van der Waals surface area contributed by atoms with Gasteiger partial charge in [-0.05, 0) is 0 Å². The van der Waals surface area contributed by atoms with Crippen LogP contribution in [0.2, 0.25) is 0 Å². The quantitative estimate of drug-likeness (QED) is 0.621. The first-order valence-corrected chi connectivity index (χ1v) is 4.84. The van der Waals surface area contributed by atoms with E-state index in [4.69, 9.17) is 9.47 Å². The molecule has 0 heterocycles. The van der Waals surface area contributed by atoms with Crippen LogP contribution in [0.4, 0.5) is 11.4 Å². The average molecular weight is 241 g/mol. The van der Waals surface area contributed by atoms with Gasteiger partial charge in [0.05, 0.1) is 25.2 Å². The number of methoxy groups -OCH3 is 2. The van der Waals surface area contributed by atoms with Crippen LogP contribution in [0.3, 0.4) is 0 Å². The third-order valence-electron chi connectivity index (χ3n) is 2.04. The summed E-state index contributed by atoms with van der Waals surface area (Å²) in [6, 6.07) is 2.85. The Balaban J connectivity index is 3.29. The predicted molar refractivity (Wildman–Crippen MR) is 63.5 cm³/mol. The van der Waals surface area contributed by atoms with Crippen molar-refractivity contribution in [1.29, 1.82) is 0 Å². The number of hydrogen-bond acceptors (Lipinski definition) is 6. The summed E-state index contributed by atoms with van der Waals surface area (Å²) < 4.78 is 10.1. The Morgan fingerprint density at radius 1 is 1.24 bits per heavy atom. The van der Waals surface area contributed by atoms with Gasteiger partial charge in [0, 0.05) is 20.2 Å². The van der Waals surface area contributed by atoms with E-state index in [1.165, 1.54) is 26.4 Å². The van der Waals surface area contributed by atoms with Crippen molar-refractivity contribution >= 4 is 11.4 Å². The van der Waals surface area contributed by atoms with Gasteiger partial charge in [-0.1, -0.05) is 0 Å². The second-order valence-electron chi connectivity index (χ2n) is 3.49. The van der Waals surface area contributed by atoms with Crippen LogP contribution < -0.4 is 14.9 Å². The first kappa shape index (κ1) is 13.0. The number of rotatable bonds is 5. The molecule has 0 aliphatic heterocycles. The van der Waals surface area contributed by atoms with Crippen LogP contribution in [0.15, 0.2) is 12.1 Å². The molecule has 0 atom stereocenters. The zero-order valence-electron chi connectivity index (χ0n) is 10.2. The highest BCUT2D eigenvalue weighted by atomic mass is 16.6. The van der Waals surface area contributed by atoms with Gasteiger partial charge >= 0.3 is 0 Å². The molecular weight excluding hydrogens is 226 g/mol. The van der Waals surface area contributed by atoms with Crippen LogP contribution in [0.25, 0.3) is 0 Å². The van der Waals surface area contributed by atoms with Gasteiger partial charge in [-0.2, -0.15) is 0 Å². The van der Waals surface area contributed by atoms with E-state index in [-0.39, 0.29) is 5.69 Å². The maximum absolute atomic E-state index is 10.9. The standard InChI is InChI=1S/C10H15N3O4/c1-12(2)11-7-5-9(16-3)10(17-4)6-8(7)13(14)15/h5-6,11H,1-4H3. The van der Waals surface area contributed by atoms with Crippen LogP contribution in [0.1, 0.15) is 0 Å². The van der Waals surface area contributed by atoms with Crippen molar-refractivity contribution in [2.75, 3.05) is 33.7 Å². The summed E-state index contributed by atoms with van der Waals surface area (Å²) in [5.41, 5.74) is 3.11. The van der Waals surface area contributed by atoms with E-state index >= 15 is 0 Å². The number of anilines is 1. The zero-order valence-corrected chi connectivity index (χ0v) is 10.2. The van der Waals surface area contributed by atoms with Crippen molar-refractivity contribution in [3.05, 3.63) is 22.2 Å². The molecule has 1 N–H and O–H groups in total. The fourth-order valence-corrected chi connectivity index (χ4v) is 1.35. The first-order valence-electron chi connectivity index (χ1n) is 4.84.